The van der Waals surface area contributed by atoms with E-state index in [4.69, 9.17) is 11.0 Å². The molecule has 0 radical (unpaired) electrons. The molecule has 0 bridgehead atoms. The number of anilines is 1. The van der Waals surface area contributed by atoms with Crippen molar-refractivity contribution in [1.29, 1.82) is 5.26 Å². The number of methoxy groups -OCH3 is 1. The van der Waals surface area contributed by atoms with Crippen LogP contribution >= 0.6 is 15.9 Å². The number of nitrogens with two attached hydrogens (primary N) is 1. The van der Waals surface area contributed by atoms with Crippen LogP contribution in [0.15, 0.2) is 16.6 Å². The molecule has 5 heteroatoms. The fraction of sp³-hybridized carbons (Fsp3) is 0.111. The summed E-state index contributed by atoms with van der Waals surface area (Å²) in [5, 5.41) is 8.67. The highest BCUT2D eigenvalue weighted by Crippen LogP contribution is 2.25. The molecule has 1 aromatic rings. The van der Waals surface area contributed by atoms with Gasteiger partial charge in [-0.15, -0.1) is 0 Å². The average molecular weight is 255 g/mol. The van der Waals surface area contributed by atoms with Gasteiger partial charge in [0.05, 0.1) is 30.0 Å². The molecule has 1 rings (SSSR count). The fourth-order valence-electron chi connectivity index (χ4n) is 0.961. The molecule has 0 atom stereocenters. The van der Waals surface area contributed by atoms with Crippen molar-refractivity contribution >= 4 is 27.6 Å². The lowest BCUT2D eigenvalue weighted by atomic mass is 10.1. The number of nitriles is 1. The molecule has 0 saturated heterocycles. The van der Waals surface area contributed by atoms with Crippen LogP contribution in [0.5, 0.6) is 0 Å². The first kappa shape index (κ1) is 10.5. The Morgan fingerprint density at radius 3 is 2.79 bits per heavy atom. The monoisotopic (exact) mass is 254 g/mol. The summed E-state index contributed by atoms with van der Waals surface area (Å²) in [4.78, 5) is 11.2. The van der Waals surface area contributed by atoms with E-state index in [9.17, 15) is 4.79 Å². The number of benzene rings is 1. The molecule has 0 amide bonds. The molecular weight excluding hydrogens is 248 g/mol. The smallest absolute Gasteiger partial charge is 0.340 e. The van der Waals surface area contributed by atoms with E-state index in [0.717, 1.165) is 0 Å². The minimum atomic E-state index is -0.555. The summed E-state index contributed by atoms with van der Waals surface area (Å²) >= 11 is 3.15. The molecule has 0 aromatic heterocycles. The molecule has 0 aliphatic rings. The van der Waals surface area contributed by atoms with Gasteiger partial charge in [0.2, 0.25) is 0 Å². The molecule has 0 fully saturated rings. The van der Waals surface area contributed by atoms with E-state index in [1.807, 2.05) is 6.07 Å². The van der Waals surface area contributed by atoms with Crippen molar-refractivity contribution in [2.75, 3.05) is 12.8 Å². The van der Waals surface area contributed by atoms with Gasteiger partial charge in [-0.2, -0.15) is 5.26 Å². The maximum atomic E-state index is 11.2. The Morgan fingerprint density at radius 1 is 1.64 bits per heavy atom. The summed E-state index contributed by atoms with van der Waals surface area (Å²) in [7, 11) is 1.26. The van der Waals surface area contributed by atoms with Crippen molar-refractivity contribution in [3.63, 3.8) is 0 Å². The standard InChI is InChI=1S/C9H7BrN2O2/c1-14-9(13)6-2-5(4-11)3-7(10)8(6)12/h2-3H,12H2,1H3. The Kier molecular flexibility index (Phi) is 3.10. The SMILES string of the molecule is COC(=O)c1cc(C#N)cc(Br)c1N. The zero-order valence-corrected chi connectivity index (χ0v) is 8.96. The predicted octanol–water partition coefficient (Wildman–Crippen LogP) is 1.69. The first-order chi connectivity index (χ1) is 6.60. The summed E-state index contributed by atoms with van der Waals surface area (Å²) in [5.74, 6) is -0.555. The molecule has 2 N–H and O–H groups in total. The van der Waals surface area contributed by atoms with Crippen LogP contribution in [-0.2, 0) is 4.74 Å². The summed E-state index contributed by atoms with van der Waals surface area (Å²) in [5.41, 5.74) is 6.45. The number of esters is 1. The Bertz CT molecular complexity index is 424. The van der Waals surface area contributed by atoms with Crippen LogP contribution < -0.4 is 5.73 Å². The molecule has 1 aromatic carbocycles. The van der Waals surface area contributed by atoms with Crippen LogP contribution in [0.2, 0.25) is 0 Å². The van der Waals surface area contributed by atoms with Gasteiger partial charge in [-0.25, -0.2) is 4.79 Å². The number of nitrogens with zero attached hydrogens (tertiary/aromatic N) is 1. The minimum absolute atomic E-state index is 0.193. The summed E-state index contributed by atoms with van der Waals surface area (Å²) in [6.07, 6.45) is 0. The van der Waals surface area contributed by atoms with Crippen molar-refractivity contribution in [2.45, 2.75) is 0 Å². The number of halogens is 1. The Morgan fingerprint density at radius 2 is 2.29 bits per heavy atom. The third kappa shape index (κ3) is 1.86. The Balaban J connectivity index is 3.36. The molecular formula is C9H7BrN2O2. The van der Waals surface area contributed by atoms with E-state index < -0.39 is 5.97 Å². The van der Waals surface area contributed by atoms with Crippen molar-refractivity contribution in [3.05, 3.63) is 27.7 Å². The van der Waals surface area contributed by atoms with E-state index in [1.54, 1.807) is 6.07 Å². The maximum Gasteiger partial charge on any atom is 0.340 e. The molecule has 14 heavy (non-hydrogen) atoms. The first-order valence-electron chi connectivity index (χ1n) is 3.67. The number of rotatable bonds is 1. The van der Waals surface area contributed by atoms with Gasteiger partial charge in [0, 0.05) is 4.47 Å². The molecule has 0 spiro atoms. The summed E-state index contributed by atoms with van der Waals surface area (Å²) in [6, 6.07) is 4.86. The molecule has 0 saturated carbocycles. The van der Waals surface area contributed by atoms with Crippen LogP contribution in [0.4, 0.5) is 5.69 Å². The molecule has 0 heterocycles. The van der Waals surface area contributed by atoms with Gasteiger partial charge in [0.1, 0.15) is 0 Å². The van der Waals surface area contributed by atoms with Crippen LogP contribution in [0, 0.1) is 11.3 Å². The lowest BCUT2D eigenvalue weighted by Gasteiger charge is -2.05. The molecule has 4 nitrogen and oxygen atoms in total. The highest BCUT2D eigenvalue weighted by molar-refractivity contribution is 9.10. The van der Waals surface area contributed by atoms with Gasteiger partial charge in [-0.1, -0.05) is 0 Å². The second-order valence-electron chi connectivity index (χ2n) is 2.52. The van der Waals surface area contributed by atoms with Crippen molar-refractivity contribution in [3.8, 4) is 6.07 Å². The second kappa shape index (κ2) is 4.11. The first-order valence-corrected chi connectivity index (χ1v) is 4.47. The summed E-state index contributed by atoms with van der Waals surface area (Å²) in [6.45, 7) is 0. The third-order valence-electron chi connectivity index (χ3n) is 1.66. The van der Waals surface area contributed by atoms with Crippen molar-refractivity contribution in [1.82, 2.24) is 0 Å². The molecule has 72 valence electrons. The van der Waals surface area contributed by atoms with E-state index in [0.29, 0.717) is 10.0 Å². The second-order valence-corrected chi connectivity index (χ2v) is 3.38. The van der Waals surface area contributed by atoms with Crippen molar-refractivity contribution < 1.29 is 9.53 Å². The van der Waals surface area contributed by atoms with Crippen LogP contribution in [-0.4, -0.2) is 13.1 Å². The zero-order valence-electron chi connectivity index (χ0n) is 7.37. The summed E-state index contributed by atoms with van der Waals surface area (Å²) < 4.78 is 5.03. The molecule has 0 unspecified atom stereocenters. The van der Waals surface area contributed by atoms with Crippen LogP contribution in [0.3, 0.4) is 0 Å². The van der Waals surface area contributed by atoms with Crippen LogP contribution in [0.25, 0.3) is 0 Å². The molecule has 0 aliphatic carbocycles. The lowest BCUT2D eigenvalue weighted by Crippen LogP contribution is -2.06. The van der Waals surface area contributed by atoms with Crippen LogP contribution in [0.1, 0.15) is 15.9 Å². The quantitative estimate of drug-likeness (QED) is 0.611. The third-order valence-corrected chi connectivity index (χ3v) is 2.32. The lowest BCUT2D eigenvalue weighted by molar-refractivity contribution is 0.0602. The van der Waals surface area contributed by atoms with Gasteiger partial charge in [-0.3, -0.25) is 0 Å². The normalized spacial score (nSPS) is 9.21. The Labute approximate surface area is 89.4 Å². The Hall–Kier alpha value is -1.54. The van der Waals surface area contributed by atoms with E-state index >= 15 is 0 Å². The zero-order chi connectivity index (χ0) is 10.7. The predicted molar refractivity (Wildman–Crippen MR) is 54.6 cm³/mol. The number of hydrogen-bond acceptors (Lipinski definition) is 4. The van der Waals surface area contributed by atoms with Gasteiger partial charge in [0.15, 0.2) is 0 Å². The van der Waals surface area contributed by atoms with E-state index in [-0.39, 0.29) is 11.3 Å². The van der Waals surface area contributed by atoms with E-state index in [1.165, 1.54) is 13.2 Å². The minimum Gasteiger partial charge on any atom is -0.465 e. The van der Waals surface area contributed by atoms with Gasteiger partial charge >= 0.3 is 5.97 Å². The number of carbonyl (C=O) groups excluding carboxylic acids is 1. The average Bonchev–Trinajstić information content (AvgIpc) is 2.20. The maximum absolute atomic E-state index is 11.2. The number of ether oxygens (including phenoxy) is 1. The fourth-order valence-corrected chi connectivity index (χ4v) is 1.42. The van der Waals surface area contributed by atoms with E-state index in [2.05, 4.69) is 20.7 Å². The number of carbonyl (C=O) groups is 1. The van der Waals surface area contributed by atoms with Gasteiger partial charge in [0.25, 0.3) is 0 Å². The highest BCUT2D eigenvalue weighted by atomic mass is 79.9. The molecule has 0 aliphatic heterocycles. The topological polar surface area (TPSA) is 76.1 Å². The largest absolute Gasteiger partial charge is 0.465 e. The van der Waals surface area contributed by atoms with Crippen molar-refractivity contribution in [2.24, 2.45) is 0 Å². The van der Waals surface area contributed by atoms with Gasteiger partial charge in [-0.05, 0) is 28.1 Å². The number of nitrogen functional groups attached to an aromatic ring is 1. The number of hydrogen-bond donors (Lipinski definition) is 1. The van der Waals surface area contributed by atoms with Gasteiger partial charge < -0.3 is 10.5 Å². The highest BCUT2D eigenvalue weighted by Gasteiger charge is 2.13.